The van der Waals surface area contributed by atoms with Gasteiger partial charge in [0.25, 0.3) is 10.0 Å². The van der Waals surface area contributed by atoms with Gasteiger partial charge < -0.3 is 24.6 Å². The first kappa shape index (κ1) is 25.8. The van der Waals surface area contributed by atoms with Crippen molar-refractivity contribution >= 4 is 21.6 Å². The van der Waals surface area contributed by atoms with Crippen molar-refractivity contribution in [3.05, 3.63) is 48.0 Å². The number of hydrogen-bond donors (Lipinski definition) is 3. The van der Waals surface area contributed by atoms with E-state index in [-0.39, 0.29) is 41.9 Å². The summed E-state index contributed by atoms with van der Waals surface area (Å²) in [6.07, 6.45) is 4.93. The molecule has 2 aliphatic heterocycles. The van der Waals surface area contributed by atoms with Crippen molar-refractivity contribution in [1.29, 1.82) is 0 Å². The minimum Gasteiger partial charge on any atom is -0.497 e. The molecule has 0 radical (unpaired) electrons. The largest absolute Gasteiger partial charge is 0.497 e. The molecule has 0 aromatic heterocycles. The highest BCUT2D eigenvalue weighted by Gasteiger charge is 2.46. The third-order valence-corrected chi connectivity index (χ3v) is 8.87. The van der Waals surface area contributed by atoms with Crippen molar-refractivity contribution in [2.45, 2.75) is 80.1 Å². The van der Waals surface area contributed by atoms with Crippen LogP contribution in [0.5, 0.6) is 11.5 Å². The Morgan fingerprint density at radius 2 is 1.95 bits per heavy atom. The summed E-state index contributed by atoms with van der Waals surface area (Å²) in [5.41, 5.74) is 1.25. The van der Waals surface area contributed by atoms with Gasteiger partial charge >= 0.3 is 0 Å². The molecule has 9 nitrogen and oxygen atoms in total. The zero-order valence-electron chi connectivity index (χ0n) is 20.9. The first-order valence-corrected chi connectivity index (χ1v) is 14.4. The Labute approximate surface area is 217 Å². The molecule has 2 heterocycles. The number of nitrogens with one attached hydrogen (secondary N) is 2. The van der Waals surface area contributed by atoms with Gasteiger partial charge in [0, 0.05) is 29.3 Å². The van der Waals surface area contributed by atoms with Gasteiger partial charge in [-0.05, 0) is 49.6 Å². The maximum atomic E-state index is 13.0. The number of anilines is 1. The van der Waals surface area contributed by atoms with Crippen LogP contribution >= 0.6 is 0 Å². The van der Waals surface area contributed by atoms with Crippen LogP contribution in [0.15, 0.2) is 47.4 Å². The number of amides is 1. The highest BCUT2D eigenvalue weighted by Crippen LogP contribution is 2.47. The van der Waals surface area contributed by atoms with Crippen LogP contribution in [0.25, 0.3) is 0 Å². The lowest BCUT2D eigenvalue weighted by Crippen LogP contribution is -2.48. The lowest BCUT2D eigenvalue weighted by atomic mass is 9.84. The van der Waals surface area contributed by atoms with E-state index in [9.17, 15) is 18.3 Å². The average Bonchev–Trinajstić information content (AvgIpc) is 3.26. The van der Waals surface area contributed by atoms with Gasteiger partial charge in [0.05, 0.1) is 31.1 Å². The molecule has 10 heteroatoms. The summed E-state index contributed by atoms with van der Waals surface area (Å²) in [6, 6.07) is 11.6. The maximum absolute atomic E-state index is 13.0. The monoisotopic (exact) mass is 530 g/mol. The summed E-state index contributed by atoms with van der Waals surface area (Å²) in [7, 11) is -2.35. The summed E-state index contributed by atoms with van der Waals surface area (Å²) in [5, 5.41) is 13.1. The van der Waals surface area contributed by atoms with Crippen LogP contribution in [0.3, 0.4) is 0 Å². The molecule has 1 aliphatic carbocycles. The van der Waals surface area contributed by atoms with Gasteiger partial charge in [0.2, 0.25) is 5.91 Å². The van der Waals surface area contributed by atoms with Crippen LogP contribution < -0.4 is 19.5 Å². The predicted molar refractivity (Wildman–Crippen MR) is 137 cm³/mol. The van der Waals surface area contributed by atoms with Crippen LogP contribution in [0.1, 0.15) is 56.4 Å². The molecule has 3 aliphatic rings. The van der Waals surface area contributed by atoms with Crippen molar-refractivity contribution in [2.75, 3.05) is 18.4 Å². The summed E-state index contributed by atoms with van der Waals surface area (Å²) in [5.74, 6) is 0.915. The van der Waals surface area contributed by atoms with Crippen molar-refractivity contribution in [3.63, 3.8) is 0 Å². The van der Waals surface area contributed by atoms with Gasteiger partial charge in [-0.2, -0.15) is 0 Å². The minimum absolute atomic E-state index is 0.0361. The minimum atomic E-state index is -3.84. The van der Waals surface area contributed by atoms with E-state index in [2.05, 4.69) is 10.0 Å². The van der Waals surface area contributed by atoms with Crippen LogP contribution in [-0.4, -0.2) is 57.5 Å². The highest BCUT2D eigenvalue weighted by molar-refractivity contribution is 7.92. The summed E-state index contributed by atoms with van der Waals surface area (Å²) < 4.78 is 46.0. The molecule has 2 fully saturated rings. The fraction of sp³-hybridized carbons (Fsp3) is 0.519. The normalized spacial score (nSPS) is 25.5. The van der Waals surface area contributed by atoms with Crippen molar-refractivity contribution in [2.24, 2.45) is 0 Å². The molecular weight excluding hydrogens is 496 g/mol. The molecule has 1 saturated carbocycles. The quantitative estimate of drug-likeness (QED) is 0.478. The molecule has 1 saturated heterocycles. The molecule has 1 amide bonds. The second-order valence-corrected chi connectivity index (χ2v) is 11.7. The number of rotatable bonds is 8. The molecule has 4 atom stereocenters. The lowest BCUT2D eigenvalue weighted by molar-refractivity contribution is -0.142. The average molecular weight is 531 g/mol. The van der Waals surface area contributed by atoms with Gasteiger partial charge in [0.15, 0.2) is 0 Å². The first-order chi connectivity index (χ1) is 17.9. The van der Waals surface area contributed by atoms with Gasteiger partial charge in [-0.1, -0.05) is 25.3 Å². The number of benzene rings is 2. The third kappa shape index (κ3) is 5.71. The predicted octanol–water partition coefficient (Wildman–Crippen LogP) is 3.33. The summed E-state index contributed by atoms with van der Waals surface area (Å²) in [4.78, 5) is 12.8. The van der Waals surface area contributed by atoms with Gasteiger partial charge in [-0.3, -0.25) is 9.52 Å². The Balaban J connectivity index is 1.31. The molecular formula is C27H34N2O7S. The van der Waals surface area contributed by atoms with E-state index in [4.69, 9.17) is 14.2 Å². The van der Waals surface area contributed by atoms with Crippen LogP contribution in [0.4, 0.5) is 5.69 Å². The van der Waals surface area contributed by atoms with Crippen molar-refractivity contribution < 1.29 is 32.5 Å². The Morgan fingerprint density at radius 3 is 2.70 bits per heavy atom. The number of fused-ring (bicyclic) bond motifs is 3. The Bertz CT molecular complexity index is 1230. The lowest BCUT2D eigenvalue weighted by Gasteiger charge is -2.37. The van der Waals surface area contributed by atoms with Crippen LogP contribution in [-0.2, 0) is 19.6 Å². The number of carbonyl (C=O) groups is 1. The topological polar surface area (TPSA) is 123 Å². The Morgan fingerprint density at radius 1 is 1.14 bits per heavy atom. The molecule has 2 aromatic carbocycles. The van der Waals surface area contributed by atoms with E-state index in [1.807, 2.05) is 0 Å². The molecule has 37 heavy (non-hydrogen) atoms. The Hall–Kier alpha value is -2.82. The Kier molecular flexibility index (Phi) is 7.60. The summed E-state index contributed by atoms with van der Waals surface area (Å²) in [6.45, 7) is -0.231. The van der Waals surface area contributed by atoms with E-state index in [0.717, 1.165) is 31.2 Å². The number of aliphatic hydroxyl groups is 1. The fourth-order valence-electron chi connectivity index (χ4n) is 5.68. The zero-order valence-corrected chi connectivity index (χ0v) is 21.7. The molecule has 0 spiro atoms. The number of sulfonamides is 1. The molecule has 3 N–H and O–H groups in total. The SMILES string of the molecule is COc1cccc(S(=O)(=O)Nc2ccc3c(c2)[C@@H]2C[C@H](CC(=O)NC4CCCCC4)O[C@H](CO)[C@@H]2O3)c1. The standard InChI is InChI=1S/C27H34N2O7S/c1-34-19-8-5-9-21(13-19)37(32,33)29-18-10-11-24-22(12-18)23-14-20(35-25(16-30)27(23)36-24)15-26(31)28-17-6-3-2-4-7-17/h5,8-13,17,20,23,25,27,29-30H,2-4,6-7,14-16H2,1H3,(H,28,31)/t20-,23+,25-,27-/m1/s1. The molecule has 0 unspecified atom stereocenters. The fourth-order valence-corrected chi connectivity index (χ4v) is 6.76. The smallest absolute Gasteiger partial charge is 0.262 e. The maximum Gasteiger partial charge on any atom is 0.262 e. The number of ether oxygens (including phenoxy) is 3. The van der Waals surface area contributed by atoms with Crippen molar-refractivity contribution in [3.8, 4) is 11.5 Å². The second-order valence-electron chi connectivity index (χ2n) is 10.0. The summed E-state index contributed by atoms with van der Waals surface area (Å²) >= 11 is 0. The molecule has 0 bridgehead atoms. The van der Waals surface area contributed by atoms with E-state index in [1.54, 1.807) is 30.3 Å². The number of hydrogen-bond acceptors (Lipinski definition) is 7. The number of aliphatic hydroxyl groups excluding tert-OH is 1. The molecule has 5 rings (SSSR count). The van der Waals surface area contributed by atoms with E-state index in [0.29, 0.717) is 23.6 Å². The van der Waals surface area contributed by atoms with Crippen LogP contribution in [0.2, 0.25) is 0 Å². The van der Waals surface area contributed by atoms with E-state index in [1.165, 1.54) is 25.7 Å². The van der Waals surface area contributed by atoms with Crippen molar-refractivity contribution in [1.82, 2.24) is 5.32 Å². The third-order valence-electron chi connectivity index (χ3n) is 7.49. The van der Waals surface area contributed by atoms with Gasteiger partial charge in [-0.25, -0.2) is 8.42 Å². The highest BCUT2D eigenvalue weighted by atomic mass is 32.2. The molecule has 200 valence electrons. The van der Waals surface area contributed by atoms with Gasteiger partial charge in [-0.15, -0.1) is 0 Å². The molecule has 2 aromatic rings. The van der Waals surface area contributed by atoms with E-state index < -0.39 is 22.2 Å². The van der Waals surface area contributed by atoms with Gasteiger partial charge in [0.1, 0.15) is 23.7 Å². The number of methoxy groups -OCH3 is 1. The number of carbonyl (C=O) groups excluding carboxylic acids is 1. The van der Waals surface area contributed by atoms with E-state index >= 15 is 0 Å². The zero-order chi connectivity index (χ0) is 26.0. The first-order valence-electron chi connectivity index (χ1n) is 12.9. The van der Waals surface area contributed by atoms with Crippen LogP contribution in [0, 0.1) is 0 Å². The second kappa shape index (κ2) is 10.9.